The van der Waals surface area contributed by atoms with Gasteiger partial charge in [0.05, 0.1) is 13.1 Å². The number of urea groups is 1. The van der Waals surface area contributed by atoms with Crippen LogP contribution in [0.1, 0.15) is 34.1 Å². The summed E-state index contributed by atoms with van der Waals surface area (Å²) in [6, 6.07) is -1.31. The van der Waals surface area contributed by atoms with Gasteiger partial charge in [0.15, 0.2) is 0 Å². The second-order valence-corrected chi connectivity index (χ2v) is 5.82. The molecule has 0 saturated carbocycles. The zero-order chi connectivity index (χ0) is 14.8. The van der Waals surface area contributed by atoms with Crippen molar-refractivity contribution >= 4 is 11.9 Å². The molecule has 0 bridgehead atoms. The van der Waals surface area contributed by atoms with Crippen molar-refractivity contribution in [3.8, 4) is 0 Å². The summed E-state index contributed by atoms with van der Waals surface area (Å²) in [5.74, 6) is -0.0612. The first-order valence-corrected chi connectivity index (χ1v) is 6.78. The highest BCUT2D eigenvalue weighted by atomic mass is 16.3. The number of likely N-dealkylation sites (tertiary alicyclic amines) is 1. The van der Waals surface area contributed by atoms with Crippen molar-refractivity contribution in [3.05, 3.63) is 0 Å². The number of rotatable bonds is 5. The number of carbonyl (C=O) groups excluding carboxylic acids is 2. The number of hydrogen-bond acceptors (Lipinski definition) is 3. The Labute approximate surface area is 114 Å². The molecular weight excluding hydrogens is 246 g/mol. The predicted molar refractivity (Wildman–Crippen MR) is 72.3 cm³/mol. The van der Waals surface area contributed by atoms with Crippen LogP contribution in [0.4, 0.5) is 4.79 Å². The van der Waals surface area contributed by atoms with Crippen LogP contribution in [-0.4, -0.2) is 46.7 Å². The molecule has 19 heavy (non-hydrogen) atoms. The van der Waals surface area contributed by atoms with Gasteiger partial charge in [-0.15, -0.1) is 0 Å². The number of carbonyl (C=O) groups is 2. The lowest BCUT2D eigenvalue weighted by Crippen LogP contribution is -2.69. The van der Waals surface area contributed by atoms with Crippen LogP contribution in [0.3, 0.4) is 0 Å². The molecule has 6 heteroatoms. The first-order chi connectivity index (χ1) is 8.71. The van der Waals surface area contributed by atoms with Crippen molar-refractivity contribution in [1.29, 1.82) is 0 Å². The lowest BCUT2D eigenvalue weighted by molar-refractivity contribution is -0.166. The Morgan fingerprint density at radius 2 is 1.89 bits per heavy atom. The third-order valence-corrected chi connectivity index (χ3v) is 4.09. The quantitative estimate of drug-likeness (QED) is 0.671. The van der Waals surface area contributed by atoms with E-state index in [1.165, 1.54) is 0 Å². The fourth-order valence-corrected chi connectivity index (χ4v) is 2.17. The standard InChI is InChI=1S/C13H25N3O3/c1-5-9(4)10(15-12(14)18)11(17)16-6-13(19,7-16)8(2)3/h8-10,19H,5-7H2,1-4H3,(H3,14,15,18). The Kier molecular flexibility index (Phi) is 4.79. The first kappa shape index (κ1) is 15.8. The third-order valence-electron chi connectivity index (χ3n) is 4.09. The van der Waals surface area contributed by atoms with Crippen LogP contribution >= 0.6 is 0 Å². The maximum Gasteiger partial charge on any atom is 0.312 e. The number of amides is 3. The molecule has 1 heterocycles. The van der Waals surface area contributed by atoms with Crippen LogP contribution in [0.5, 0.6) is 0 Å². The zero-order valence-corrected chi connectivity index (χ0v) is 12.1. The molecule has 1 aliphatic heterocycles. The Balaban J connectivity index is 2.67. The number of β-amino-alcohol motifs (C(OH)–C–C–N with tert-alkyl or cyclic N) is 1. The summed E-state index contributed by atoms with van der Waals surface area (Å²) >= 11 is 0. The summed E-state index contributed by atoms with van der Waals surface area (Å²) in [4.78, 5) is 24.9. The van der Waals surface area contributed by atoms with Gasteiger partial charge in [0, 0.05) is 0 Å². The summed E-state index contributed by atoms with van der Waals surface area (Å²) in [6.45, 7) is 8.33. The second kappa shape index (κ2) is 5.77. The van der Waals surface area contributed by atoms with Crippen LogP contribution in [-0.2, 0) is 4.79 Å². The summed E-state index contributed by atoms with van der Waals surface area (Å²) in [5, 5.41) is 12.7. The molecule has 0 aromatic heterocycles. The predicted octanol–water partition coefficient (Wildman–Crippen LogP) is 0.299. The molecule has 1 rings (SSSR count). The number of nitrogens with one attached hydrogen (secondary N) is 1. The molecule has 0 aromatic rings. The highest BCUT2D eigenvalue weighted by molar-refractivity contribution is 5.87. The fourth-order valence-electron chi connectivity index (χ4n) is 2.17. The molecule has 2 unspecified atom stereocenters. The first-order valence-electron chi connectivity index (χ1n) is 6.78. The van der Waals surface area contributed by atoms with Gasteiger partial charge in [0.25, 0.3) is 0 Å². The smallest absolute Gasteiger partial charge is 0.312 e. The summed E-state index contributed by atoms with van der Waals surface area (Å²) < 4.78 is 0. The molecule has 0 radical (unpaired) electrons. The maximum atomic E-state index is 12.3. The number of aliphatic hydroxyl groups is 1. The van der Waals surface area contributed by atoms with Crippen LogP contribution in [0.2, 0.25) is 0 Å². The van der Waals surface area contributed by atoms with Crippen molar-refractivity contribution in [2.75, 3.05) is 13.1 Å². The lowest BCUT2D eigenvalue weighted by Gasteiger charge is -2.50. The van der Waals surface area contributed by atoms with E-state index < -0.39 is 17.7 Å². The van der Waals surface area contributed by atoms with Gasteiger partial charge in [-0.2, -0.15) is 0 Å². The third kappa shape index (κ3) is 3.37. The van der Waals surface area contributed by atoms with E-state index in [1.807, 2.05) is 27.7 Å². The minimum Gasteiger partial charge on any atom is -0.386 e. The number of primary amides is 1. The van der Waals surface area contributed by atoms with E-state index in [0.717, 1.165) is 6.42 Å². The largest absolute Gasteiger partial charge is 0.386 e. The number of nitrogens with two attached hydrogens (primary N) is 1. The molecule has 0 spiro atoms. The van der Waals surface area contributed by atoms with E-state index in [-0.39, 0.29) is 17.7 Å². The van der Waals surface area contributed by atoms with Crippen molar-refractivity contribution < 1.29 is 14.7 Å². The van der Waals surface area contributed by atoms with Crippen molar-refractivity contribution in [2.24, 2.45) is 17.6 Å². The normalized spacial score (nSPS) is 20.6. The Morgan fingerprint density at radius 1 is 1.37 bits per heavy atom. The highest BCUT2D eigenvalue weighted by Gasteiger charge is 2.47. The average Bonchev–Trinajstić information content (AvgIpc) is 2.29. The van der Waals surface area contributed by atoms with Crippen LogP contribution < -0.4 is 11.1 Å². The molecule has 1 aliphatic rings. The highest BCUT2D eigenvalue weighted by Crippen LogP contribution is 2.29. The number of nitrogens with zero attached hydrogens (tertiary/aromatic N) is 1. The second-order valence-electron chi connectivity index (χ2n) is 5.82. The van der Waals surface area contributed by atoms with Crippen molar-refractivity contribution in [2.45, 2.75) is 45.8 Å². The zero-order valence-electron chi connectivity index (χ0n) is 12.1. The van der Waals surface area contributed by atoms with Crippen molar-refractivity contribution in [1.82, 2.24) is 10.2 Å². The van der Waals surface area contributed by atoms with Crippen LogP contribution in [0, 0.1) is 11.8 Å². The molecule has 1 fully saturated rings. The molecule has 0 aromatic carbocycles. The van der Waals surface area contributed by atoms with Gasteiger partial charge in [0.1, 0.15) is 11.6 Å². The molecule has 110 valence electrons. The van der Waals surface area contributed by atoms with Crippen LogP contribution in [0.25, 0.3) is 0 Å². The van der Waals surface area contributed by atoms with Gasteiger partial charge in [-0.25, -0.2) is 4.79 Å². The summed E-state index contributed by atoms with van der Waals surface area (Å²) in [5.41, 5.74) is 4.31. The minimum absolute atomic E-state index is 0.00717. The van der Waals surface area contributed by atoms with E-state index in [4.69, 9.17) is 5.73 Å². The van der Waals surface area contributed by atoms with Gasteiger partial charge in [-0.1, -0.05) is 34.1 Å². The lowest BCUT2D eigenvalue weighted by atomic mass is 9.82. The summed E-state index contributed by atoms with van der Waals surface area (Å²) in [6.07, 6.45) is 0.763. The molecule has 4 N–H and O–H groups in total. The van der Waals surface area contributed by atoms with Gasteiger partial charge in [0.2, 0.25) is 5.91 Å². The average molecular weight is 271 g/mol. The molecule has 1 saturated heterocycles. The fraction of sp³-hybridized carbons (Fsp3) is 0.846. The van der Waals surface area contributed by atoms with E-state index in [0.29, 0.717) is 13.1 Å². The monoisotopic (exact) mass is 271 g/mol. The van der Waals surface area contributed by atoms with E-state index >= 15 is 0 Å². The Hall–Kier alpha value is -1.30. The van der Waals surface area contributed by atoms with Gasteiger partial charge < -0.3 is 21.1 Å². The molecule has 2 atom stereocenters. The van der Waals surface area contributed by atoms with E-state index in [9.17, 15) is 14.7 Å². The molecule has 6 nitrogen and oxygen atoms in total. The molecular formula is C13H25N3O3. The molecule has 3 amide bonds. The van der Waals surface area contributed by atoms with Crippen LogP contribution in [0.15, 0.2) is 0 Å². The minimum atomic E-state index is -0.803. The van der Waals surface area contributed by atoms with E-state index in [1.54, 1.807) is 4.90 Å². The van der Waals surface area contributed by atoms with E-state index in [2.05, 4.69) is 5.32 Å². The maximum absolute atomic E-state index is 12.3. The Bertz CT molecular complexity index is 351. The van der Waals surface area contributed by atoms with Gasteiger partial charge in [-0.3, -0.25) is 4.79 Å². The Morgan fingerprint density at radius 3 is 2.26 bits per heavy atom. The van der Waals surface area contributed by atoms with Gasteiger partial charge in [-0.05, 0) is 11.8 Å². The number of hydrogen-bond donors (Lipinski definition) is 3. The summed E-state index contributed by atoms with van der Waals surface area (Å²) in [7, 11) is 0. The molecule has 0 aliphatic carbocycles. The topological polar surface area (TPSA) is 95.7 Å². The SMILES string of the molecule is CCC(C)C(NC(N)=O)C(=O)N1CC(O)(C(C)C)C1. The van der Waals surface area contributed by atoms with Gasteiger partial charge >= 0.3 is 6.03 Å². The van der Waals surface area contributed by atoms with Crippen molar-refractivity contribution in [3.63, 3.8) is 0 Å².